The van der Waals surface area contributed by atoms with E-state index in [2.05, 4.69) is 5.32 Å². The molecule has 9 heteroatoms. The van der Waals surface area contributed by atoms with E-state index in [1.165, 1.54) is 11.8 Å². The topological polar surface area (TPSA) is 65.4 Å². The first-order valence-electron chi connectivity index (χ1n) is 10.4. The van der Waals surface area contributed by atoms with Gasteiger partial charge >= 0.3 is 0 Å². The molecule has 1 N–H and O–H groups in total. The summed E-state index contributed by atoms with van der Waals surface area (Å²) in [5.74, 6) is -0.527. The van der Waals surface area contributed by atoms with Crippen molar-refractivity contribution >= 4 is 23.4 Å². The third-order valence-corrected chi connectivity index (χ3v) is 6.14. The molecule has 0 fully saturated rings. The van der Waals surface area contributed by atoms with E-state index in [1.807, 2.05) is 60.2 Å². The number of thioether (sulfide) groups is 1. The molecule has 0 radical (unpaired) electrons. The zero-order chi connectivity index (χ0) is 23.7. The van der Waals surface area contributed by atoms with Crippen LogP contribution in [0.3, 0.4) is 0 Å². The molecule has 0 spiro atoms. The number of rotatable bonds is 6. The normalized spacial score (nSPS) is 12.1. The predicted octanol–water partition coefficient (Wildman–Crippen LogP) is 5.59. The first-order valence-corrected chi connectivity index (χ1v) is 11.4. The highest BCUT2D eigenvalue weighted by atomic mass is 32.2. The number of nitrogens with one attached hydrogen (secondary N) is 1. The smallest absolute Gasteiger partial charge is 0.234 e. The maximum Gasteiger partial charge on any atom is 0.234 e. The molecular formula is C25H19F2N3O3S. The number of aryl methyl sites for hydroxylation is 1. The number of hydrogen-bond acceptors (Lipinski definition) is 5. The number of aromatic nitrogens is 2. The van der Waals surface area contributed by atoms with Crippen LogP contribution in [-0.4, -0.2) is 28.0 Å². The summed E-state index contributed by atoms with van der Waals surface area (Å²) < 4.78 is 40.0. The van der Waals surface area contributed by atoms with E-state index in [0.717, 1.165) is 35.0 Å². The van der Waals surface area contributed by atoms with Crippen LogP contribution in [0.15, 0.2) is 72.0 Å². The van der Waals surface area contributed by atoms with Gasteiger partial charge in [0, 0.05) is 23.5 Å². The lowest BCUT2D eigenvalue weighted by Gasteiger charge is -2.09. The molecule has 0 saturated carbocycles. The number of nitrogens with zero attached hydrogens (tertiary/aromatic N) is 2. The van der Waals surface area contributed by atoms with Gasteiger partial charge in [0.2, 0.25) is 12.7 Å². The molecule has 172 valence electrons. The fourth-order valence-electron chi connectivity index (χ4n) is 3.46. The maximum absolute atomic E-state index is 13.9. The van der Waals surface area contributed by atoms with Crippen molar-refractivity contribution in [2.75, 3.05) is 17.9 Å². The number of hydrogen-bond donors (Lipinski definition) is 1. The first kappa shape index (κ1) is 22.0. The van der Waals surface area contributed by atoms with Crippen LogP contribution in [0.4, 0.5) is 14.5 Å². The molecule has 1 aliphatic rings. The van der Waals surface area contributed by atoms with Gasteiger partial charge in [-0.05, 0) is 49.4 Å². The summed E-state index contributed by atoms with van der Waals surface area (Å²) in [6, 6.07) is 16.4. The summed E-state index contributed by atoms with van der Waals surface area (Å²) in [5.41, 5.74) is 3.32. The third-order valence-electron chi connectivity index (χ3n) is 5.19. The van der Waals surface area contributed by atoms with Gasteiger partial charge in [-0.3, -0.25) is 9.36 Å². The minimum atomic E-state index is -0.703. The van der Waals surface area contributed by atoms with Gasteiger partial charge < -0.3 is 14.8 Å². The lowest BCUT2D eigenvalue weighted by atomic mass is 10.1. The predicted molar refractivity (Wildman–Crippen MR) is 126 cm³/mol. The molecule has 4 aromatic rings. The SMILES string of the molecule is Cc1ccc(-n2cc(-c3ccc4c(c3)OCO4)nc2SCC(=O)Nc2cc(F)ccc2F)cc1. The lowest BCUT2D eigenvalue weighted by Crippen LogP contribution is -2.15. The van der Waals surface area contributed by atoms with Gasteiger partial charge in [-0.15, -0.1) is 0 Å². The van der Waals surface area contributed by atoms with Gasteiger partial charge in [0.15, 0.2) is 16.7 Å². The number of imidazole rings is 1. The fourth-order valence-corrected chi connectivity index (χ4v) is 4.25. The van der Waals surface area contributed by atoms with E-state index >= 15 is 0 Å². The van der Waals surface area contributed by atoms with Crippen LogP contribution < -0.4 is 14.8 Å². The minimum Gasteiger partial charge on any atom is -0.454 e. The van der Waals surface area contributed by atoms with E-state index in [1.54, 1.807) is 0 Å². The van der Waals surface area contributed by atoms with Crippen molar-refractivity contribution in [3.8, 4) is 28.4 Å². The maximum atomic E-state index is 13.9. The zero-order valence-corrected chi connectivity index (χ0v) is 18.9. The second-order valence-electron chi connectivity index (χ2n) is 7.64. The highest BCUT2D eigenvalue weighted by Gasteiger charge is 2.18. The van der Waals surface area contributed by atoms with Gasteiger partial charge in [-0.1, -0.05) is 29.5 Å². The number of anilines is 1. The number of amides is 1. The second-order valence-corrected chi connectivity index (χ2v) is 8.59. The standard InChI is InChI=1S/C25H19F2N3O3S/c1-15-2-6-18(7-3-15)30-12-21(16-4-9-22-23(10-16)33-14-32-22)29-25(30)34-13-24(31)28-20-11-17(26)5-8-19(20)27/h2-12H,13-14H2,1H3,(H,28,31). The Balaban J connectivity index is 1.41. The van der Waals surface area contributed by atoms with Crippen LogP contribution in [-0.2, 0) is 4.79 Å². The molecule has 0 atom stereocenters. The highest BCUT2D eigenvalue weighted by molar-refractivity contribution is 7.99. The fraction of sp³-hybridized carbons (Fsp3) is 0.120. The largest absolute Gasteiger partial charge is 0.454 e. The Morgan fingerprint density at radius 3 is 2.68 bits per heavy atom. The summed E-state index contributed by atoms with van der Waals surface area (Å²) in [6.07, 6.45) is 1.88. The molecule has 34 heavy (non-hydrogen) atoms. The summed E-state index contributed by atoms with van der Waals surface area (Å²) in [6.45, 7) is 2.18. The molecule has 0 saturated heterocycles. The number of fused-ring (bicyclic) bond motifs is 1. The average molecular weight is 480 g/mol. The molecule has 6 nitrogen and oxygen atoms in total. The molecule has 5 rings (SSSR count). The van der Waals surface area contributed by atoms with Gasteiger partial charge in [-0.25, -0.2) is 13.8 Å². The van der Waals surface area contributed by atoms with Crippen LogP contribution >= 0.6 is 11.8 Å². The summed E-state index contributed by atoms with van der Waals surface area (Å²) in [5, 5.41) is 2.99. The van der Waals surface area contributed by atoms with E-state index < -0.39 is 17.5 Å². The molecule has 1 aromatic heterocycles. The quantitative estimate of drug-likeness (QED) is 0.366. The Morgan fingerprint density at radius 1 is 1.06 bits per heavy atom. The van der Waals surface area contributed by atoms with Crippen LogP contribution in [0.25, 0.3) is 16.9 Å². The summed E-state index contributed by atoms with van der Waals surface area (Å²) in [4.78, 5) is 17.2. The van der Waals surface area contributed by atoms with Crippen molar-refractivity contribution in [2.45, 2.75) is 12.1 Å². The lowest BCUT2D eigenvalue weighted by molar-refractivity contribution is -0.113. The number of carbonyl (C=O) groups is 1. The van der Waals surface area contributed by atoms with Crippen LogP contribution in [0.5, 0.6) is 11.5 Å². The molecule has 0 aliphatic carbocycles. The van der Waals surface area contributed by atoms with Gasteiger partial charge in [0.25, 0.3) is 0 Å². The Labute approximate surface area is 198 Å². The Bertz CT molecular complexity index is 1370. The van der Waals surface area contributed by atoms with Crippen molar-refractivity contribution in [3.63, 3.8) is 0 Å². The van der Waals surface area contributed by atoms with Crippen LogP contribution in [0.2, 0.25) is 0 Å². The van der Waals surface area contributed by atoms with E-state index in [9.17, 15) is 13.6 Å². The van der Waals surface area contributed by atoms with Crippen molar-refractivity contribution in [1.82, 2.24) is 9.55 Å². The van der Waals surface area contributed by atoms with Gasteiger partial charge in [-0.2, -0.15) is 0 Å². The first-order chi connectivity index (χ1) is 16.5. The summed E-state index contributed by atoms with van der Waals surface area (Å²) >= 11 is 1.19. The van der Waals surface area contributed by atoms with Crippen molar-refractivity contribution in [3.05, 3.63) is 84.1 Å². The number of halogens is 2. The highest BCUT2D eigenvalue weighted by Crippen LogP contribution is 2.36. The molecule has 2 heterocycles. The van der Waals surface area contributed by atoms with Crippen molar-refractivity contribution in [1.29, 1.82) is 0 Å². The molecular weight excluding hydrogens is 460 g/mol. The molecule has 0 bridgehead atoms. The Hall–Kier alpha value is -3.85. The molecule has 1 aliphatic heterocycles. The van der Waals surface area contributed by atoms with Crippen molar-refractivity contribution in [2.24, 2.45) is 0 Å². The van der Waals surface area contributed by atoms with Gasteiger partial charge in [0.05, 0.1) is 17.1 Å². The van der Waals surface area contributed by atoms with E-state index in [-0.39, 0.29) is 18.2 Å². The van der Waals surface area contributed by atoms with Crippen molar-refractivity contribution < 1.29 is 23.0 Å². The number of benzene rings is 3. The van der Waals surface area contributed by atoms with Gasteiger partial charge in [0.1, 0.15) is 11.6 Å². The molecule has 3 aromatic carbocycles. The monoisotopic (exact) mass is 479 g/mol. The number of carbonyl (C=O) groups excluding carboxylic acids is 1. The van der Waals surface area contributed by atoms with E-state index in [0.29, 0.717) is 22.3 Å². The number of ether oxygens (including phenoxy) is 2. The second kappa shape index (κ2) is 9.18. The minimum absolute atomic E-state index is 0.0423. The molecule has 1 amide bonds. The van der Waals surface area contributed by atoms with Crippen LogP contribution in [0.1, 0.15) is 5.56 Å². The van der Waals surface area contributed by atoms with Crippen LogP contribution in [0, 0.1) is 18.6 Å². The zero-order valence-electron chi connectivity index (χ0n) is 18.0. The average Bonchev–Trinajstić information content (AvgIpc) is 3.47. The molecule has 0 unspecified atom stereocenters. The Morgan fingerprint density at radius 2 is 1.85 bits per heavy atom. The van der Waals surface area contributed by atoms with E-state index in [4.69, 9.17) is 14.5 Å². The third kappa shape index (κ3) is 4.60. The Kier molecular flexibility index (Phi) is 5.93. The summed E-state index contributed by atoms with van der Waals surface area (Å²) in [7, 11) is 0.